The zero-order valence-electron chi connectivity index (χ0n) is 83.4. The molecule has 1 saturated heterocycles. The van der Waals surface area contributed by atoms with E-state index in [2.05, 4.69) is 204 Å². The first-order chi connectivity index (χ1) is 56.8. The van der Waals surface area contributed by atoms with Crippen LogP contribution in [-0.2, 0) is 57.2 Å². The Morgan fingerprint density at radius 3 is 0.992 bits per heavy atom. The zero-order chi connectivity index (χ0) is 91.9. The molecule has 123 heavy (non-hydrogen) atoms. The Morgan fingerprint density at radius 2 is 0.748 bits per heavy atom. The van der Waals surface area contributed by atoms with E-state index >= 15 is 0 Å². The minimum atomic E-state index is -1.22. The normalized spacial score (nSPS) is 15.0. The second-order valence-corrected chi connectivity index (χ2v) is 40.4. The number of rotatable bonds is 68. The van der Waals surface area contributed by atoms with Crippen molar-refractivity contribution in [3.8, 4) is 0 Å². The van der Waals surface area contributed by atoms with Gasteiger partial charge in [-0.3, -0.25) is 14.4 Å². The number of esters is 4. The minimum Gasteiger partial charge on any atom is -0.870 e. The van der Waals surface area contributed by atoms with Gasteiger partial charge in [-0.1, -0.05) is 353 Å². The number of alkyl halides is 1. The van der Waals surface area contributed by atoms with Gasteiger partial charge in [-0.05, 0) is 157 Å². The molecule has 0 bridgehead atoms. The van der Waals surface area contributed by atoms with Crippen LogP contribution in [0.1, 0.15) is 376 Å². The molecule has 6 N–H and O–H groups in total. The molecule has 0 aliphatic carbocycles. The summed E-state index contributed by atoms with van der Waals surface area (Å²) in [6.45, 7) is 46.0. The van der Waals surface area contributed by atoms with E-state index in [4.69, 9.17) is 21.3 Å². The Kier molecular flexibility index (Phi) is 109. The molecule has 1 rings (SSSR count). The van der Waals surface area contributed by atoms with Gasteiger partial charge in [-0.2, -0.15) is 36.2 Å². The van der Waals surface area contributed by atoms with Gasteiger partial charge in [-0.15, -0.1) is 0 Å². The maximum absolute atomic E-state index is 11.7. The standard InChI is InChI=1S/C28H49O5S.C24H47NO2S.C20H39Br.C20H40O.C4H9NO2S.C4H4O4.2Na.H2O/c1-22(2)9-6-10-23(3)11-7-12-24(4)13-8-14-25(5)15-18-34-21-26(28(31)32)19-27(30)20-33-17-16-29;1-19(2)10-7-11-20(3)12-8-13-21(4)14-9-15-22(5)16-17-28-18-23(25)24(26)27-6;2*1-17(2)9-6-10-18(3)11-7-12-19(4)13-8-14-20(5)15-16-21;1-7-4(6)3(5)2-8;5-3-1-7-2-4(6)8-3;;;/h15,22-24,26H,6-14,17-21H2,1-5H3,(H,31,32);16,19-21,23H,7-15,17-18,25H2,1-6H3;15,17-19H,6-14,16H2,1-5H3;15,17-19,21H,6-14,16H2,1-5H3;3,8H,2,5H2,1H3;1-2H2;;;1H2/q-1;;;;;;2*+1;/p-2/b25-15+;22-16+;2*20-15+;;;;;. The predicted molar refractivity (Wildman–Crippen MR) is 522 cm³/mol. The first-order valence-corrected chi connectivity index (χ1v) is 51.1. The number of cyclic esters (lactones) is 2. The van der Waals surface area contributed by atoms with Gasteiger partial charge >= 0.3 is 83.0 Å². The molecule has 0 spiro atoms. The van der Waals surface area contributed by atoms with E-state index in [-0.39, 0.29) is 116 Å². The fraction of sp³-hybridized carbons (Fsp3) is 0.850. The average Bonchev–Trinajstić information content (AvgIpc) is 0.943. The van der Waals surface area contributed by atoms with Crippen LogP contribution in [0.3, 0.4) is 0 Å². The zero-order valence-corrected chi connectivity index (χ0v) is 91.5. The number of methoxy groups -OCH3 is 2. The SMILES string of the molecule is C/C(=C\CBr)CCCC(C)CCCC(C)CCCC(C)C.C/C(=C\CO)CCCC(C)CCCC(C)CCCC(C)C.C/C(=C\CSCC(CC(=O)COC[C-]=O)C(=O)[O-])CCCC(C)CCCC(C)CCCC(C)C.COC(=O)C(N)CS.COC(=O)C(N)CSC/C=C(\C)CCCC(C)CCCC(C)CCCC(C)C.O=C1COCC(=O)O1.[Na+].[Na+].[OH-]. The molecule has 11 unspecified atom stereocenters. The first-order valence-electron chi connectivity index (χ1n) is 47.0. The van der Waals surface area contributed by atoms with Crippen LogP contribution in [0.15, 0.2) is 46.6 Å². The summed E-state index contributed by atoms with van der Waals surface area (Å²) in [5.41, 5.74) is 16.6. The van der Waals surface area contributed by atoms with Gasteiger partial charge in [0.05, 0.1) is 20.8 Å². The molecule has 0 aromatic carbocycles. The third kappa shape index (κ3) is 105. The number of Topliss-reactive ketones (excluding diaryl/α,β-unsaturated/α-hetero) is 1. The van der Waals surface area contributed by atoms with E-state index in [1.165, 1.54) is 273 Å². The molecular weight excluding hydrogens is 1690 g/mol. The fourth-order valence-electron chi connectivity index (χ4n) is 13.9. The van der Waals surface area contributed by atoms with Crippen molar-refractivity contribution in [2.75, 3.05) is 81.3 Å². The van der Waals surface area contributed by atoms with Crippen molar-refractivity contribution in [2.45, 2.75) is 388 Å². The number of aliphatic hydroxyl groups is 1. The smallest absolute Gasteiger partial charge is 0.870 e. The molecule has 1 fully saturated rings. The number of aliphatic hydroxyl groups excluding tert-OH is 1. The Bertz CT molecular complexity index is 2530. The van der Waals surface area contributed by atoms with Gasteiger partial charge in [-0.25, -0.2) is 15.9 Å². The number of thioether (sulfide) groups is 2. The molecule has 11 atom stereocenters. The molecule has 716 valence electrons. The monoisotopic (exact) mass is 1880 g/mol. The van der Waals surface area contributed by atoms with Crippen LogP contribution in [0, 0.1) is 76.9 Å². The van der Waals surface area contributed by atoms with Crippen molar-refractivity contribution in [1.29, 1.82) is 0 Å². The summed E-state index contributed by atoms with van der Waals surface area (Å²) in [6.07, 6.45) is 58.5. The number of ether oxygens (including phenoxy) is 5. The van der Waals surface area contributed by atoms with E-state index in [1.54, 1.807) is 11.8 Å². The summed E-state index contributed by atoms with van der Waals surface area (Å²) in [5, 5.41) is 21.1. The van der Waals surface area contributed by atoms with Crippen molar-refractivity contribution in [3.05, 3.63) is 46.6 Å². The third-order valence-electron chi connectivity index (χ3n) is 22.2. The number of aliphatic carboxylic acids is 1. The van der Waals surface area contributed by atoms with Gasteiger partial charge < -0.3 is 60.4 Å². The number of ketones is 1. The van der Waals surface area contributed by atoms with E-state index < -0.39 is 41.9 Å². The summed E-state index contributed by atoms with van der Waals surface area (Å²) in [6, 6.07) is -1.09. The van der Waals surface area contributed by atoms with Crippen LogP contribution in [0.4, 0.5) is 0 Å². The van der Waals surface area contributed by atoms with E-state index in [0.29, 0.717) is 17.3 Å². The number of nitrogens with two attached hydrogens (primary N) is 2. The molecule has 0 radical (unpaired) electrons. The number of thiol groups is 1. The van der Waals surface area contributed by atoms with Crippen LogP contribution in [0.2, 0.25) is 0 Å². The van der Waals surface area contributed by atoms with Crippen molar-refractivity contribution < 1.29 is 132 Å². The van der Waals surface area contributed by atoms with Crippen molar-refractivity contribution in [3.63, 3.8) is 0 Å². The van der Waals surface area contributed by atoms with Crippen LogP contribution >= 0.6 is 52.1 Å². The second kappa shape index (κ2) is 97.2. The average molecular weight is 1880 g/mol. The van der Waals surface area contributed by atoms with Gasteiger partial charge in [0.2, 0.25) is 0 Å². The van der Waals surface area contributed by atoms with Gasteiger partial charge in [0.15, 0.2) is 5.78 Å². The number of carbonyl (C=O) groups is 6. The first kappa shape index (κ1) is 138. The summed E-state index contributed by atoms with van der Waals surface area (Å²) in [4.78, 5) is 74.9. The number of carboxylic acid groups (broad SMARTS) is 1. The van der Waals surface area contributed by atoms with Crippen molar-refractivity contribution in [2.24, 2.45) is 88.4 Å². The fourth-order valence-corrected chi connectivity index (χ4v) is 16.6. The maximum Gasteiger partial charge on any atom is 1.00 e. The van der Waals surface area contributed by atoms with Gasteiger partial charge in [0.1, 0.15) is 31.9 Å². The van der Waals surface area contributed by atoms with Crippen molar-refractivity contribution in [1.82, 2.24) is 0 Å². The maximum atomic E-state index is 11.7. The number of allylic oxidation sites excluding steroid dienone is 5. The Balaban J connectivity index is -0.000000226. The molecule has 1 heterocycles. The number of hydrogen-bond acceptors (Lipinski definition) is 20. The molecule has 1 aliphatic rings. The number of hydrogen-bond donors (Lipinski definition) is 4. The van der Waals surface area contributed by atoms with Crippen LogP contribution in [-0.4, -0.2) is 146 Å². The van der Waals surface area contributed by atoms with Crippen LogP contribution < -0.4 is 75.7 Å². The van der Waals surface area contributed by atoms with E-state index in [0.717, 1.165) is 101 Å². The van der Waals surface area contributed by atoms with Crippen molar-refractivity contribution >= 4 is 94.0 Å². The van der Waals surface area contributed by atoms with Gasteiger partial charge in [0, 0.05) is 52.4 Å². The Morgan fingerprint density at radius 1 is 0.472 bits per heavy atom. The summed E-state index contributed by atoms with van der Waals surface area (Å²) >= 11 is 10.4. The molecule has 0 aromatic heterocycles. The molecular formula is C100H188BrN2Na2O15S3-. The molecule has 0 aromatic rings. The molecule has 17 nitrogen and oxygen atoms in total. The topological polar surface area (TPSA) is 291 Å². The van der Waals surface area contributed by atoms with E-state index in [9.17, 15) is 38.7 Å². The summed E-state index contributed by atoms with van der Waals surface area (Å²) in [7, 11) is 2.68. The molecule has 0 saturated carbocycles. The third-order valence-corrected chi connectivity index (χ3v) is 25.0. The summed E-state index contributed by atoms with van der Waals surface area (Å²) in [5.74, 6) is 8.88. The number of halogens is 1. The summed E-state index contributed by atoms with van der Waals surface area (Å²) < 4.78 is 22.3. The van der Waals surface area contributed by atoms with Crippen LogP contribution in [0.5, 0.6) is 0 Å². The number of carboxylic acids is 1. The molecule has 23 heteroatoms. The Hall–Kier alpha value is -0.860. The predicted octanol–water partition coefficient (Wildman–Crippen LogP) is 18.6. The largest absolute Gasteiger partial charge is 1.00 e. The van der Waals surface area contributed by atoms with Crippen LogP contribution in [0.25, 0.3) is 0 Å². The number of carbonyl (C=O) groups excluding carboxylic acids is 7. The van der Waals surface area contributed by atoms with E-state index in [1.807, 2.05) is 6.08 Å². The van der Waals surface area contributed by atoms with Gasteiger partial charge in [0.25, 0.3) is 0 Å². The quantitative estimate of drug-likeness (QED) is 0.00506. The Labute approximate surface area is 823 Å². The second-order valence-electron chi connectivity index (χ2n) is 37.2. The molecule has 0 amide bonds. The minimum absolute atomic E-state index is 0. The molecule has 1 aliphatic heterocycles.